The minimum atomic E-state index is -5.09. The fourth-order valence-corrected chi connectivity index (χ4v) is 3.92. The fourth-order valence-electron chi connectivity index (χ4n) is 2.26. The van der Waals surface area contributed by atoms with Crippen molar-refractivity contribution in [1.82, 2.24) is 0 Å². The van der Waals surface area contributed by atoms with Gasteiger partial charge in [-0.05, 0) is 18.4 Å². The molecule has 1 atom stereocenters. The average Bonchev–Trinajstić information content (AvgIpc) is 2.37. The minimum absolute atomic E-state index is 0.0732. The summed E-state index contributed by atoms with van der Waals surface area (Å²) in [6.07, 6.45) is 11.1. The van der Waals surface area contributed by atoms with E-state index in [4.69, 9.17) is 14.3 Å². The Kier molecular flexibility index (Phi) is 12.2. The van der Waals surface area contributed by atoms with Crippen LogP contribution >= 0.6 is 15.6 Å². The number of rotatable bonds is 14. The number of hydrogen-bond donors (Lipinski definition) is 3. The van der Waals surface area contributed by atoms with E-state index in [0.29, 0.717) is 6.42 Å². The van der Waals surface area contributed by atoms with Crippen LogP contribution in [0.2, 0.25) is 0 Å². The lowest BCUT2D eigenvalue weighted by molar-refractivity contribution is 0.203. The lowest BCUT2D eigenvalue weighted by atomic mass is 10.1. The second-order valence-corrected chi connectivity index (χ2v) is 8.99. The Morgan fingerprint density at radius 2 is 1.46 bits per heavy atom. The summed E-state index contributed by atoms with van der Waals surface area (Å²) < 4.78 is 31.0. The first-order valence-corrected chi connectivity index (χ1v) is 11.6. The number of phosphoric acid groups is 2. The first-order valence-electron chi connectivity index (χ1n) is 8.55. The van der Waals surface area contributed by atoms with Gasteiger partial charge in [-0.3, -0.25) is 4.89 Å². The van der Waals surface area contributed by atoms with Crippen molar-refractivity contribution in [3.8, 4) is 0 Å². The van der Waals surface area contributed by atoms with E-state index < -0.39 is 15.6 Å². The van der Waals surface area contributed by atoms with Gasteiger partial charge in [0.1, 0.15) is 5.76 Å². The zero-order valence-corrected chi connectivity index (χ0v) is 16.7. The van der Waals surface area contributed by atoms with Crippen molar-refractivity contribution in [1.29, 1.82) is 0 Å². The van der Waals surface area contributed by atoms with Crippen molar-refractivity contribution in [2.75, 3.05) is 0 Å². The molecular weight excluding hydrogens is 354 g/mol. The molecular formula is C15H32O7P2. The van der Waals surface area contributed by atoms with Gasteiger partial charge in [-0.15, -0.1) is 0 Å². The van der Waals surface area contributed by atoms with Crippen molar-refractivity contribution < 1.29 is 32.6 Å². The third-order valence-corrected chi connectivity index (χ3v) is 5.38. The van der Waals surface area contributed by atoms with Crippen LogP contribution < -0.4 is 0 Å². The molecule has 144 valence electrons. The summed E-state index contributed by atoms with van der Waals surface area (Å²) in [5, 5.41) is 0. The first kappa shape index (κ1) is 23.8. The van der Waals surface area contributed by atoms with E-state index in [1.807, 2.05) is 13.8 Å². The lowest BCUT2D eigenvalue weighted by Gasteiger charge is -2.16. The quantitative estimate of drug-likeness (QED) is 0.211. The third-order valence-electron chi connectivity index (χ3n) is 3.24. The van der Waals surface area contributed by atoms with E-state index in [9.17, 15) is 14.0 Å². The molecule has 0 heterocycles. The summed E-state index contributed by atoms with van der Waals surface area (Å²) in [6.45, 7) is 5.94. The highest BCUT2D eigenvalue weighted by molar-refractivity contribution is 7.60. The largest absolute Gasteiger partial charge is 0.536 e. The van der Waals surface area contributed by atoms with Crippen molar-refractivity contribution in [2.24, 2.45) is 5.92 Å². The van der Waals surface area contributed by atoms with Crippen LogP contribution in [0.25, 0.3) is 0 Å². The summed E-state index contributed by atoms with van der Waals surface area (Å²) >= 11 is 0. The Labute approximate surface area is 145 Å². The topological polar surface area (TPSA) is 113 Å². The molecule has 0 spiro atoms. The summed E-state index contributed by atoms with van der Waals surface area (Å²) in [4.78, 5) is 26.7. The number of unbranched alkanes of at least 4 members (excludes halogenated alkanes) is 7. The maximum atomic E-state index is 11.6. The van der Waals surface area contributed by atoms with E-state index in [2.05, 4.69) is 11.2 Å². The van der Waals surface area contributed by atoms with Gasteiger partial charge in [0.2, 0.25) is 0 Å². The monoisotopic (exact) mass is 386 g/mol. The predicted molar refractivity (Wildman–Crippen MR) is 94.2 cm³/mol. The summed E-state index contributed by atoms with van der Waals surface area (Å²) in [5.41, 5.74) is 0. The van der Waals surface area contributed by atoms with Gasteiger partial charge in [-0.2, -0.15) is 4.31 Å². The van der Waals surface area contributed by atoms with Crippen molar-refractivity contribution in [3.05, 3.63) is 11.8 Å². The van der Waals surface area contributed by atoms with Crippen LogP contribution in [0.4, 0.5) is 0 Å². The van der Waals surface area contributed by atoms with Crippen LogP contribution in [0.15, 0.2) is 11.8 Å². The molecule has 0 bridgehead atoms. The molecule has 0 aromatic heterocycles. The standard InChI is InChI=1S/C15H32O7P2/c1-4-5-6-7-8-9-10-11-12-15(13-14(2)3)21-24(19,20)22-23(16,17)18/h13-14H,4-12H2,1-3H3,(H,19,20)(H2,16,17,18). The van der Waals surface area contributed by atoms with Crippen molar-refractivity contribution in [3.63, 3.8) is 0 Å². The van der Waals surface area contributed by atoms with Gasteiger partial charge in [-0.1, -0.05) is 65.7 Å². The van der Waals surface area contributed by atoms with Gasteiger partial charge < -0.3 is 14.3 Å². The molecule has 0 amide bonds. The minimum Gasteiger partial charge on any atom is -0.409 e. The van der Waals surface area contributed by atoms with Crippen LogP contribution in [0.1, 0.15) is 78.6 Å². The van der Waals surface area contributed by atoms with E-state index in [1.165, 1.54) is 32.1 Å². The number of hydrogen-bond acceptors (Lipinski definition) is 4. The number of allylic oxidation sites excluding steroid dienone is 2. The predicted octanol–water partition coefficient (Wildman–Crippen LogP) is 5.28. The summed E-state index contributed by atoms with van der Waals surface area (Å²) in [6, 6.07) is 0. The molecule has 0 aromatic rings. The van der Waals surface area contributed by atoms with E-state index in [0.717, 1.165) is 19.3 Å². The van der Waals surface area contributed by atoms with E-state index in [-0.39, 0.29) is 11.7 Å². The van der Waals surface area contributed by atoms with Gasteiger partial charge >= 0.3 is 15.6 Å². The Hall–Kier alpha value is -0.160. The molecule has 7 nitrogen and oxygen atoms in total. The van der Waals surface area contributed by atoms with Crippen molar-refractivity contribution in [2.45, 2.75) is 78.6 Å². The SMILES string of the molecule is CCCCCCCCCCC(=CC(C)C)OP(=O)(O)OP(=O)(O)O. The van der Waals surface area contributed by atoms with Gasteiger partial charge in [0, 0.05) is 6.42 Å². The molecule has 0 fully saturated rings. The van der Waals surface area contributed by atoms with Crippen LogP contribution in [0, 0.1) is 5.92 Å². The van der Waals surface area contributed by atoms with Gasteiger partial charge in [-0.25, -0.2) is 9.13 Å². The van der Waals surface area contributed by atoms with Crippen LogP contribution in [-0.2, 0) is 18.0 Å². The normalized spacial score (nSPS) is 15.5. The molecule has 0 rings (SSSR count). The molecule has 0 aliphatic carbocycles. The molecule has 0 saturated carbocycles. The fraction of sp³-hybridized carbons (Fsp3) is 0.867. The molecule has 0 radical (unpaired) electrons. The molecule has 0 aromatic carbocycles. The summed E-state index contributed by atoms with van der Waals surface area (Å²) in [7, 11) is -9.92. The van der Waals surface area contributed by atoms with Gasteiger partial charge in [0.25, 0.3) is 0 Å². The second-order valence-electron chi connectivity index (χ2n) is 6.23. The zero-order chi connectivity index (χ0) is 18.6. The summed E-state index contributed by atoms with van der Waals surface area (Å²) in [5.74, 6) is 0.305. The molecule has 1 unspecified atom stereocenters. The number of phosphoric ester groups is 1. The average molecular weight is 386 g/mol. The van der Waals surface area contributed by atoms with E-state index in [1.54, 1.807) is 6.08 Å². The molecule has 9 heteroatoms. The smallest absolute Gasteiger partial charge is 0.409 e. The second kappa shape index (κ2) is 12.2. The highest BCUT2D eigenvalue weighted by Gasteiger charge is 2.34. The maximum absolute atomic E-state index is 11.6. The zero-order valence-electron chi connectivity index (χ0n) is 14.9. The molecule has 24 heavy (non-hydrogen) atoms. The highest BCUT2D eigenvalue weighted by Crippen LogP contribution is 2.58. The van der Waals surface area contributed by atoms with Crippen molar-refractivity contribution >= 4 is 15.6 Å². The Balaban J connectivity index is 4.30. The Bertz CT molecular complexity index is 457. The molecule has 0 saturated heterocycles. The molecule has 0 aliphatic heterocycles. The molecule has 3 N–H and O–H groups in total. The van der Waals surface area contributed by atoms with Gasteiger partial charge in [0.15, 0.2) is 0 Å². The van der Waals surface area contributed by atoms with Crippen LogP contribution in [0.5, 0.6) is 0 Å². The lowest BCUT2D eigenvalue weighted by Crippen LogP contribution is -1.97. The Morgan fingerprint density at radius 1 is 0.958 bits per heavy atom. The third kappa shape index (κ3) is 15.4. The van der Waals surface area contributed by atoms with Gasteiger partial charge in [0.05, 0.1) is 0 Å². The van der Waals surface area contributed by atoms with Crippen LogP contribution in [0.3, 0.4) is 0 Å². The van der Waals surface area contributed by atoms with Crippen LogP contribution in [-0.4, -0.2) is 14.7 Å². The highest BCUT2D eigenvalue weighted by atomic mass is 31.3. The Morgan fingerprint density at radius 3 is 1.92 bits per heavy atom. The molecule has 0 aliphatic rings. The first-order chi connectivity index (χ1) is 11.1. The van der Waals surface area contributed by atoms with E-state index >= 15 is 0 Å². The maximum Gasteiger partial charge on any atom is 0.536 e.